The van der Waals surface area contributed by atoms with Gasteiger partial charge in [0.05, 0.1) is 20.4 Å². The number of anilines is 1. The van der Waals surface area contributed by atoms with Crippen LogP contribution in [0.5, 0.6) is 11.5 Å². The number of carboxylic acids is 1. The number of hydrogen-bond acceptors (Lipinski definition) is 7. The SMILES string of the molecule is COc1ccc(OC)c(C2(C)CC(Nc3[nH]ncc3C(=O)O)C(=O)O2)c1. The van der Waals surface area contributed by atoms with E-state index in [0.29, 0.717) is 17.1 Å². The van der Waals surface area contributed by atoms with Gasteiger partial charge in [0.1, 0.15) is 34.5 Å². The highest BCUT2D eigenvalue weighted by Gasteiger charge is 2.46. The number of cyclic esters (lactones) is 1. The average molecular weight is 361 g/mol. The van der Waals surface area contributed by atoms with Crippen LogP contribution in [0.3, 0.4) is 0 Å². The summed E-state index contributed by atoms with van der Waals surface area (Å²) in [6, 6.07) is 4.51. The zero-order valence-corrected chi connectivity index (χ0v) is 14.5. The molecule has 0 bridgehead atoms. The second-order valence-corrected chi connectivity index (χ2v) is 6.08. The third-order valence-corrected chi connectivity index (χ3v) is 4.37. The van der Waals surface area contributed by atoms with Crippen molar-refractivity contribution >= 4 is 17.8 Å². The summed E-state index contributed by atoms with van der Waals surface area (Å²) in [6.45, 7) is 1.77. The predicted octanol–water partition coefficient (Wildman–Crippen LogP) is 1.77. The number of aromatic nitrogens is 2. The quantitative estimate of drug-likeness (QED) is 0.665. The molecule has 0 amide bonds. The number of carbonyl (C=O) groups is 2. The third-order valence-electron chi connectivity index (χ3n) is 4.37. The van der Waals surface area contributed by atoms with E-state index in [9.17, 15) is 9.59 Å². The summed E-state index contributed by atoms with van der Waals surface area (Å²) in [7, 11) is 3.08. The Morgan fingerprint density at radius 1 is 1.42 bits per heavy atom. The zero-order chi connectivity index (χ0) is 18.9. The molecule has 2 unspecified atom stereocenters. The highest BCUT2D eigenvalue weighted by Crippen LogP contribution is 2.43. The van der Waals surface area contributed by atoms with Crippen LogP contribution in [-0.4, -0.2) is 47.5 Å². The van der Waals surface area contributed by atoms with Crippen LogP contribution in [0, 0.1) is 0 Å². The average Bonchev–Trinajstić information content (AvgIpc) is 3.19. The molecule has 0 radical (unpaired) electrons. The standard InChI is InChI=1S/C17H19N3O6/c1-17(11-6-9(24-2)4-5-13(11)25-3)7-12(16(23)26-17)19-14-10(15(21)22)8-18-20-14/h4-6,8,12H,7H2,1-3H3,(H,21,22)(H2,18,19,20). The summed E-state index contributed by atoms with van der Waals surface area (Å²) in [5.41, 5.74) is -0.344. The van der Waals surface area contributed by atoms with Gasteiger partial charge in [-0.2, -0.15) is 5.10 Å². The molecule has 9 heteroatoms. The number of rotatable bonds is 6. The lowest BCUT2D eigenvalue weighted by atomic mass is 9.90. The normalized spacial score (nSPS) is 22.0. The monoisotopic (exact) mass is 361 g/mol. The molecule has 26 heavy (non-hydrogen) atoms. The minimum atomic E-state index is -1.15. The molecule has 138 valence electrons. The maximum Gasteiger partial charge on any atom is 0.341 e. The molecule has 1 aromatic carbocycles. The van der Waals surface area contributed by atoms with Gasteiger partial charge < -0.3 is 24.6 Å². The van der Waals surface area contributed by atoms with Gasteiger partial charge in [0, 0.05) is 12.0 Å². The van der Waals surface area contributed by atoms with E-state index in [1.165, 1.54) is 13.3 Å². The van der Waals surface area contributed by atoms with Crippen molar-refractivity contribution in [1.29, 1.82) is 0 Å². The van der Waals surface area contributed by atoms with Crippen molar-refractivity contribution in [3.8, 4) is 11.5 Å². The molecule has 1 aliphatic rings. The lowest BCUT2D eigenvalue weighted by molar-refractivity contribution is -0.148. The van der Waals surface area contributed by atoms with Gasteiger partial charge >= 0.3 is 11.9 Å². The van der Waals surface area contributed by atoms with E-state index in [0.717, 1.165) is 0 Å². The van der Waals surface area contributed by atoms with Crippen molar-refractivity contribution in [1.82, 2.24) is 10.2 Å². The molecule has 1 aliphatic heterocycles. The Hall–Kier alpha value is -3.23. The van der Waals surface area contributed by atoms with Gasteiger partial charge in [-0.25, -0.2) is 9.59 Å². The van der Waals surface area contributed by atoms with E-state index >= 15 is 0 Å². The lowest BCUT2D eigenvalue weighted by Gasteiger charge is -2.25. The summed E-state index contributed by atoms with van der Waals surface area (Å²) in [6.07, 6.45) is 1.45. The van der Waals surface area contributed by atoms with Crippen LogP contribution in [0.15, 0.2) is 24.4 Å². The number of aromatic amines is 1. The number of benzene rings is 1. The maximum atomic E-state index is 12.4. The van der Waals surface area contributed by atoms with Crippen LogP contribution in [0.1, 0.15) is 29.3 Å². The fourth-order valence-electron chi connectivity index (χ4n) is 3.04. The van der Waals surface area contributed by atoms with E-state index < -0.39 is 23.6 Å². The number of carbonyl (C=O) groups excluding carboxylic acids is 1. The summed E-state index contributed by atoms with van der Waals surface area (Å²) in [4.78, 5) is 23.6. The van der Waals surface area contributed by atoms with Crippen molar-refractivity contribution in [3.05, 3.63) is 35.5 Å². The van der Waals surface area contributed by atoms with Gasteiger partial charge in [-0.15, -0.1) is 0 Å². The third kappa shape index (κ3) is 3.03. The number of hydrogen-bond donors (Lipinski definition) is 3. The first-order valence-electron chi connectivity index (χ1n) is 7.86. The van der Waals surface area contributed by atoms with E-state index in [1.54, 1.807) is 32.2 Å². The number of aromatic carboxylic acids is 1. The molecule has 1 saturated heterocycles. The van der Waals surface area contributed by atoms with Crippen molar-refractivity contribution in [2.45, 2.75) is 25.0 Å². The van der Waals surface area contributed by atoms with Crippen LogP contribution in [0.2, 0.25) is 0 Å². The lowest BCUT2D eigenvalue weighted by Crippen LogP contribution is -2.26. The first kappa shape index (κ1) is 17.6. The van der Waals surface area contributed by atoms with Crippen LogP contribution in [0.25, 0.3) is 0 Å². The van der Waals surface area contributed by atoms with Crippen molar-refractivity contribution in [2.75, 3.05) is 19.5 Å². The predicted molar refractivity (Wildman–Crippen MR) is 90.6 cm³/mol. The number of carboxylic acid groups (broad SMARTS) is 1. The fraction of sp³-hybridized carbons (Fsp3) is 0.353. The molecule has 9 nitrogen and oxygen atoms in total. The topological polar surface area (TPSA) is 123 Å². The van der Waals surface area contributed by atoms with Crippen LogP contribution >= 0.6 is 0 Å². The van der Waals surface area contributed by atoms with Gasteiger partial charge in [-0.05, 0) is 25.1 Å². The summed E-state index contributed by atoms with van der Waals surface area (Å²) in [5.74, 6) is -0.319. The largest absolute Gasteiger partial charge is 0.497 e. The Morgan fingerprint density at radius 2 is 2.19 bits per heavy atom. The summed E-state index contributed by atoms with van der Waals surface area (Å²) in [5, 5.41) is 18.3. The number of esters is 1. The second kappa shape index (κ2) is 6.58. The molecule has 3 rings (SSSR count). The van der Waals surface area contributed by atoms with Gasteiger partial charge in [0.15, 0.2) is 0 Å². The smallest absolute Gasteiger partial charge is 0.341 e. The zero-order valence-electron chi connectivity index (χ0n) is 14.5. The number of ether oxygens (including phenoxy) is 3. The van der Waals surface area contributed by atoms with Gasteiger partial charge in [-0.3, -0.25) is 5.10 Å². The Kier molecular flexibility index (Phi) is 4.45. The molecule has 3 N–H and O–H groups in total. The van der Waals surface area contributed by atoms with E-state index in [4.69, 9.17) is 19.3 Å². The van der Waals surface area contributed by atoms with Crippen molar-refractivity contribution in [2.24, 2.45) is 0 Å². The first-order valence-corrected chi connectivity index (χ1v) is 7.86. The molecular weight excluding hydrogens is 342 g/mol. The molecule has 0 saturated carbocycles. The van der Waals surface area contributed by atoms with Gasteiger partial charge in [-0.1, -0.05) is 0 Å². The Labute approximate surface area is 149 Å². The molecule has 0 aliphatic carbocycles. The Bertz CT molecular complexity index is 849. The van der Waals surface area contributed by atoms with E-state index in [1.807, 2.05) is 0 Å². The Balaban J connectivity index is 1.89. The number of nitrogens with one attached hydrogen (secondary N) is 2. The highest BCUT2D eigenvalue weighted by atomic mass is 16.6. The molecule has 1 aromatic heterocycles. The van der Waals surface area contributed by atoms with Gasteiger partial charge in [0.25, 0.3) is 0 Å². The first-order chi connectivity index (χ1) is 12.4. The van der Waals surface area contributed by atoms with Crippen molar-refractivity contribution < 1.29 is 28.9 Å². The molecule has 2 heterocycles. The number of nitrogens with zero attached hydrogens (tertiary/aromatic N) is 1. The molecule has 1 fully saturated rings. The fourth-order valence-corrected chi connectivity index (χ4v) is 3.04. The van der Waals surface area contributed by atoms with Crippen LogP contribution in [-0.2, 0) is 15.1 Å². The Morgan fingerprint density at radius 3 is 2.85 bits per heavy atom. The molecule has 2 aromatic rings. The van der Waals surface area contributed by atoms with E-state index in [-0.39, 0.29) is 17.8 Å². The summed E-state index contributed by atoms with van der Waals surface area (Å²) < 4.78 is 16.3. The minimum absolute atomic E-state index is 0.0506. The number of methoxy groups -OCH3 is 2. The van der Waals surface area contributed by atoms with Crippen LogP contribution < -0.4 is 14.8 Å². The highest BCUT2D eigenvalue weighted by molar-refractivity contribution is 5.94. The maximum absolute atomic E-state index is 12.4. The minimum Gasteiger partial charge on any atom is -0.497 e. The van der Waals surface area contributed by atoms with Crippen molar-refractivity contribution in [3.63, 3.8) is 0 Å². The molecule has 2 atom stereocenters. The van der Waals surface area contributed by atoms with Gasteiger partial charge in [0.2, 0.25) is 0 Å². The van der Waals surface area contributed by atoms with Crippen LogP contribution in [0.4, 0.5) is 5.82 Å². The molecule has 0 spiro atoms. The van der Waals surface area contributed by atoms with E-state index in [2.05, 4.69) is 15.5 Å². The molecular formula is C17H19N3O6. The number of H-pyrrole nitrogens is 1. The second-order valence-electron chi connectivity index (χ2n) is 6.08. The summed E-state index contributed by atoms with van der Waals surface area (Å²) >= 11 is 0.